The van der Waals surface area contributed by atoms with E-state index < -0.39 is 23.0 Å². The Morgan fingerprint density at radius 2 is 1.43 bits per heavy atom. The topological polar surface area (TPSA) is 121 Å². The molecule has 1 heterocycles. The Labute approximate surface area is 211 Å². The third kappa shape index (κ3) is 5.00. The minimum atomic E-state index is -1.16. The van der Waals surface area contributed by atoms with Crippen molar-refractivity contribution in [1.29, 1.82) is 0 Å². The number of hydrogen-bond acceptors (Lipinski definition) is 6. The van der Waals surface area contributed by atoms with Crippen LogP contribution in [0.4, 0.5) is 15.8 Å². The molecule has 4 N–H and O–H groups in total. The van der Waals surface area contributed by atoms with Crippen molar-refractivity contribution in [3.05, 3.63) is 89.9 Å². The Bertz CT molecular complexity index is 1470. The molecule has 4 aromatic rings. The number of benzene rings is 3. The van der Waals surface area contributed by atoms with Gasteiger partial charge in [0, 0.05) is 23.0 Å². The molecule has 188 valence electrons. The largest absolute Gasteiger partial charge is 0.457 e. The Balaban J connectivity index is 1.27. The van der Waals surface area contributed by atoms with Crippen LogP contribution in [0.2, 0.25) is 0 Å². The second-order valence-corrected chi connectivity index (χ2v) is 8.89. The van der Waals surface area contributed by atoms with Gasteiger partial charge >= 0.3 is 0 Å². The van der Waals surface area contributed by atoms with Gasteiger partial charge in [-0.25, -0.2) is 4.39 Å². The van der Waals surface area contributed by atoms with Crippen LogP contribution < -0.4 is 15.4 Å². The number of aliphatic hydroxyl groups is 2. The Morgan fingerprint density at radius 1 is 0.865 bits per heavy atom. The van der Waals surface area contributed by atoms with E-state index in [0.29, 0.717) is 57.7 Å². The molecule has 8 nitrogen and oxygen atoms in total. The van der Waals surface area contributed by atoms with Crippen LogP contribution in [0.5, 0.6) is 11.5 Å². The molecular weight excluding hydrogens is 477 g/mol. The first kappa shape index (κ1) is 24.4. The smallest absolute Gasteiger partial charge is 0.240 e. The maximum absolute atomic E-state index is 13.1. The monoisotopic (exact) mass is 501 g/mol. The van der Waals surface area contributed by atoms with Crippen LogP contribution in [-0.2, 0) is 22.8 Å². The van der Waals surface area contributed by atoms with Gasteiger partial charge in [0.25, 0.3) is 0 Å². The maximum atomic E-state index is 13.1. The van der Waals surface area contributed by atoms with Crippen LogP contribution in [-0.4, -0.2) is 27.0 Å². The summed E-state index contributed by atoms with van der Waals surface area (Å²) in [4.78, 5) is 30.0. The number of pyridine rings is 1. The molecule has 5 rings (SSSR count). The van der Waals surface area contributed by atoms with E-state index in [1.165, 1.54) is 24.3 Å². The van der Waals surface area contributed by atoms with Crippen molar-refractivity contribution in [3.8, 4) is 11.5 Å². The molecule has 1 saturated carbocycles. The lowest BCUT2D eigenvalue weighted by Gasteiger charge is -2.16. The van der Waals surface area contributed by atoms with Crippen LogP contribution in [0.15, 0.2) is 72.9 Å². The molecule has 37 heavy (non-hydrogen) atoms. The number of carbonyl (C=O) groups excluding carboxylic acids is 2. The zero-order chi connectivity index (χ0) is 26.0. The van der Waals surface area contributed by atoms with Crippen molar-refractivity contribution in [1.82, 2.24) is 4.98 Å². The summed E-state index contributed by atoms with van der Waals surface area (Å²) in [5.41, 5.74) is 1.58. The lowest BCUT2D eigenvalue weighted by Crippen LogP contribution is -2.35. The molecule has 3 aromatic carbocycles. The molecule has 0 atom stereocenters. The van der Waals surface area contributed by atoms with Crippen LogP contribution >= 0.6 is 0 Å². The highest BCUT2D eigenvalue weighted by Crippen LogP contribution is 2.47. The number of carbonyl (C=O) groups is 2. The van der Waals surface area contributed by atoms with E-state index >= 15 is 0 Å². The number of nitrogens with zero attached hydrogens (tertiary/aromatic N) is 1. The minimum absolute atomic E-state index is 0.207. The van der Waals surface area contributed by atoms with E-state index in [1.54, 1.807) is 48.7 Å². The molecule has 0 radical (unpaired) electrons. The predicted octanol–water partition coefficient (Wildman–Crippen LogP) is 4.51. The van der Waals surface area contributed by atoms with Gasteiger partial charge in [0.1, 0.15) is 22.7 Å². The SMILES string of the molecule is O=C(Nc1ccc(F)cc1)C1(C(=O)Nc2ccc(Oc3ccnc4cc(CO)c(CO)cc34)cc2)CC1. The third-order valence-corrected chi connectivity index (χ3v) is 6.42. The third-order valence-electron chi connectivity index (χ3n) is 6.42. The standard InChI is InChI=1S/C28H24FN3O5/c29-19-1-3-20(4-2-19)31-26(35)28(10-11-28)27(36)32-21-5-7-22(8-6-21)37-25-9-12-30-24-14-18(16-34)17(15-33)13-23(24)25/h1-9,12-14,33-34H,10-11,15-16H2,(H,31,35)(H,32,36). The molecule has 1 aliphatic rings. The highest BCUT2D eigenvalue weighted by atomic mass is 19.1. The summed E-state index contributed by atoms with van der Waals surface area (Å²) in [5, 5.41) is 25.3. The van der Waals surface area contributed by atoms with Crippen LogP contribution in [0.25, 0.3) is 10.9 Å². The maximum Gasteiger partial charge on any atom is 0.240 e. The van der Waals surface area contributed by atoms with Crippen molar-refractivity contribution in [2.45, 2.75) is 26.1 Å². The molecule has 0 aliphatic heterocycles. The van der Waals surface area contributed by atoms with Gasteiger partial charge in [-0.2, -0.15) is 0 Å². The van der Waals surface area contributed by atoms with Crippen molar-refractivity contribution < 1.29 is 28.9 Å². The van der Waals surface area contributed by atoms with Gasteiger partial charge in [0.2, 0.25) is 11.8 Å². The zero-order valence-electron chi connectivity index (χ0n) is 19.7. The first-order valence-electron chi connectivity index (χ1n) is 11.7. The molecule has 1 aliphatic carbocycles. The number of rotatable bonds is 8. The van der Waals surface area contributed by atoms with Crippen molar-refractivity contribution in [2.24, 2.45) is 5.41 Å². The van der Waals surface area contributed by atoms with E-state index in [0.717, 1.165) is 0 Å². The van der Waals surface area contributed by atoms with Crippen molar-refractivity contribution >= 4 is 34.1 Å². The summed E-state index contributed by atoms with van der Waals surface area (Å²) in [6, 6.07) is 17.3. The minimum Gasteiger partial charge on any atom is -0.457 e. The number of aliphatic hydroxyl groups excluding tert-OH is 2. The number of aromatic nitrogens is 1. The van der Waals surface area contributed by atoms with E-state index in [-0.39, 0.29) is 13.2 Å². The van der Waals surface area contributed by atoms with Gasteiger partial charge < -0.3 is 25.6 Å². The number of amides is 2. The van der Waals surface area contributed by atoms with Gasteiger partial charge in [-0.3, -0.25) is 14.6 Å². The quantitative estimate of drug-likeness (QED) is 0.264. The van der Waals surface area contributed by atoms with Gasteiger partial charge in [-0.15, -0.1) is 0 Å². The Morgan fingerprint density at radius 3 is 2.00 bits per heavy atom. The molecule has 2 amide bonds. The fourth-order valence-corrected chi connectivity index (χ4v) is 4.09. The summed E-state index contributed by atoms with van der Waals surface area (Å²) in [6.45, 7) is -0.432. The van der Waals surface area contributed by atoms with Gasteiger partial charge in [-0.05, 0) is 90.7 Å². The second-order valence-electron chi connectivity index (χ2n) is 8.89. The van der Waals surface area contributed by atoms with E-state index in [9.17, 15) is 24.2 Å². The summed E-state index contributed by atoms with van der Waals surface area (Å²) in [5.74, 6) is -0.204. The number of halogens is 1. The Hall–Kier alpha value is -4.34. The molecule has 0 saturated heterocycles. The molecule has 1 aromatic heterocycles. The second kappa shape index (κ2) is 9.96. The molecule has 0 spiro atoms. The van der Waals surface area contributed by atoms with Crippen LogP contribution in [0.3, 0.4) is 0 Å². The fraction of sp³-hybridized carbons (Fsp3) is 0.179. The van der Waals surface area contributed by atoms with Crippen LogP contribution in [0, 0.1) is 11.2 Å². The van der Waals surface area contributed by atoms with E-state index in [2.05, 4.69) is 15.6 Å². The van der Waals surface area contributed by atoms with Crippen molar-refractivity contribution in [2.75, 3.05) is 10.6 Å². The summed E-state index contributed by atoms with van der Waals surface area (Å²) >= 11 is 0. The average Bonchev–Trinajstić information content (AvgIpc) is 3.73. The highest BCUT2D eigenvalue weighted by molar-refractivity contribution is 6.16. The van der Waals surface area contributed by atoms with Crippen LogP contribution in [0.1, 0.15) is 24.0 Å². The van der Waals surface area contributed by atoms with E-state index in [4.69, 9.17) is 4.74 Å². The number of hydrogen-bond donors (Lipinski definition) is 4. The molecule has 9 heteroatoms. The molecule has 0 unspecified atom stereocenters. The first-order chi connectivity index (χ1) is 17.9. The van der Waals surface area contributed by atoms with Gasteiger partial charge in [0.15, 0.2) is 0 Å². The summed E-state index contributed by atoms with van der Waals surface area (Å²) in [7, 11) is 0. The average molecular weight is 502 g/mol. The fourth-order valence-electron chi connectivity index (χ4n) is 4.09. The lowest BCUT2D eigenvalue weighted by molar-refractivity contribution is -0.131. The van der Waals surface area contributed by atoms with Gasteiger partial charge in [0.05, 0.1) is 18.7 Å². The first-order valence-corrected chi connectivity index (χ1v) is 11.7. The number of nitrogens with one attached hydrogen (secondary N) is 2. The lowest BCUT2D eigenvalue weighted by atomic mass is 10.0. The predicted molar refractivity (Wildman–Crippen MR) is 135 cm³/mol. The Kier molecular flexibility index (Phi) is 6.56. The normalized spacial score (nSPS) is 13.7. The number of anilines is 2. The summed E-state index contributed by atoms with van der Waals surface area (Å²) in [6.07, 6.45) is 2.45. The zero-order valence-corrected chi connectivity index (χ0v) is 19.7. The highest BCUT2D eigenvalue weighted by Gasteiger charge is 2.56. The number of ether oxygens (including phenoxy) is 1. The molecular formula is C28H24FN3O5. The number of fused-ring (bicyclic) bond motifs is 1. The molecule has 0 bridgehead atoms. The summed E-state index contributed by atoms with van der Waals surface area (Å²) < 4.78 is 19.1. The molecule has 1 fully saturated rings. The van der Waals surface area contributed by atoms with Crippen molar-refractivity contribution in [3.63, 3.8) is 0 Å². The van der Waals surface area contributed by atoms with Gasteiger partial charge in [-0.1, -0.05) is 0 Å². The van der Waals surface area contributed by atoms with E-state index in [1.807, 2.05) is 0 Å².